The van der Waals surface area contributed by atoms with Gasteiger partial charge in [-0.2, -0.15) is 0 Å². The first-order valence-corrected chi connectivity index (χ1v) is 9.77. The number of nitrogens with one attached hydrogen (secondary N) is 1. The second-order valence-electron chi connectivity index (χ2n) is 7.55. The number of hydrogen-bond donors (Lipinski definition) is 1. The lowest BCUT2D eigenvalue weighted by Crippen LogP contribution is -2.48. The Balaban J connectivity index is 1.71. The van der Waals surface area contributed by atoms with E-state index in [0.717, 1.165) is 4.90 Å². The Morgan fingerprint density at radius 1 is 1.03 bits per heavy atom. The van der Waals surface area contributed by atoms with Crippen LogP contribution in [0.3, 0.4) is 0 Å². The molecule has 0 saturated carbocycles. The van der Waals surface area contributed by atoms with Gasteiger partial charge in [-0.1, -0.05) is 26.0 Å². The summed E-state index contributed by atoms with van der Waals surface area (Å²) in [5.41, 5.74) is 0.515. The van der Waals surface area contributed by atoms with Crippen molar-refractivity contribution < 1.29 is 28.3 Å². The van der Waals surface area contributed by atoms with Crippen LogP contribution < -0.4 is 5.32 Å². The number of esters is 1. The molecule has 8 nitrogen and oxygen atoms in total. The van der Waals surface area contributed by atoms with Gasteiger partial charge in [0.25, 0.3) is 17.7 Å². The molecule has 1 aromatic carbocycles. The highest BCUT2D eigenvalue weighted by molar-refractivity contribution is 6.22. The van der Waals surface area contributed by atoms with E-state index < -0.39 is 35.8 Å². The highest BCUT2D eigenvalue weighted by Gasteiger charge is 2.44. The fraction of sp³-hybridized carbons (Fsp3) is 0.364. The minimum atomic E-state index is -1.11. The summed E-state index contributed by atoms with van der Waals surface area (Å²) >= 11 is 0. The molecule has 0 radical (unpaired) electrons. The molecule has 3 amide bonds. The zero-order valence-corrected chi connectivity index (χ0v) is 17.1. The molecule has 2 aromatic rings. The van der Waals surface area contributed by atoms with E-state index in [4.69, 9.17) is 9.15 Å². The Labute approximate surface area is 174 Å². The van der Waals surface area contributed by atoms with Crippen molar-refractivity contribution in [3.8, 4) is 0 Å². The van der Waals surface area contributed by atoms with Crippen LogP contribution in [-0.4, -0.2) is 40.7 Å². The molecule has 0 aliphatic carbocycles. The summed E-state index contributed by atoms with van der Waals surface area (Å²) in [6.07, 6.45) is 0.617. The predicted molar refractivity (Wildman–Crippen MR) is 106 cm³/mol. The van der Waals surface area contributed by atoms with Gasteiger partial charge < -0.3 is 14.5 Å². The molecular formula is C22H24N2O6. The van der Waals surface area contributed by atoms with Gasteiger partial charge in [-0.15, -0.1) is 0 Å². The van der Waals surface area contributed by atoms with Crippen molar-refractivity contribution in [2.24, 2.45) is 5.92 Å². The second-order valence-corrected chi connectivity index (χ2v) is 7.55. The van der Waals surface area contributed by atoms with Crippen molar-refractivity contribution >= 4 is 23.7 Å². The average molecular weight is 412 g/mol. The number of imide groups is 1. The van der Waals surface area contributed by atoms with Gasteiger partial charge in [0.15, 0.2) is 6.10 Å². The molecule has 8 heteroatoms. The molecule has 1 aromatic heterocycles. The summed E-state index contributed by atoms with van der Waals surface area (Å²) in [7, 11) is 0. The summed E-state index contributed by atoms with van der Waals surface area (Å²) in [5, 5.41) is 2.61. The van der Waals surface area contributed by atoms with Crippen LogP contribution in [0, 0.1) is 5.92 Å². The van der Waals surface area contributed by atoms with Gasteiger partial charge in [0, 0.05) is 0 Å². The zero-order chi connectivity index (χ0) is 21.8. The zero-order valence-electron chi connectivity index (χ0n) is 17.1. The molecule has 0 unspecified atom stereocenters. The van der Waals surface area contributed by atoms with E-state index in [1.54, 1.807) is 36.4 Å². The highest BCUT2D eigenvalue weighted by atomic mass is 16.5. The molecule has 158 valence electrons. The van der Waals surface area contributed by atoms with Crippen LogP contribution in [0.15, 0.2) is 47.1 Å². The van der Waals surface area contributed by atoms with Crippen LogP contribution in [0.5, 0.6) is 0 Å². The van der Waals surface area contributed by atoms with Crippen LogP contribution in [0.2, 0.25) is 0 Å². The first-order chi connectivity index (χ1) is 14.3. The number of nitrogens with zero attached hydrogens (tertiary/aromatic N) is 1. The SMILES string of the molecule is CC(C)C[C@H](C(=O)O[C@H](C)C(=O)NCc1ccco1)N1C(=O)c2ccccc2C1=O. The minimum Gasteiger partial charge on any atom is -0.467 e. The molecule has 1 aliphatic heterocycles. The third-order valence-electron chi connectivity index (χ3n) is 4.78. The van der Waals surface area contributed by atoms with E-state index >= 15 is 0 Å². The smallest absolute Gasteiger partial charge is 0.330 e. The molecule has 1 aliphatic rings. The Hall–Kier alpha value is -3.42. The fourth-order valence-corrected chi connectivity index (χ4v) is 3.28. The molecule has 0 bridgehead atoms. The van der Waals surface area contributed by atoms with Crippen molar-refractivity contribution in [1.29, 1.82) is 0 Å². The lowest BCUT2D eigenvalue weighted by Gasteiger charge is -2.27. The number of carbonyl (C=O) groups excluding carboxylic acids is 4. The maximum Gasteiger partial charge on any atom is 0.330 e. The lowest BCUT2D eigenvalue weighted by molar-refractivity contribution is -0.159. The van der Waals surface area contributed by atoms with Crippen molar-refractivity contribution in [2.45, 2.75) is 45.9 Å². The van der Waals surface area contributed by atoms with E-state index in [-0.39, 0.29) is 30.0 Å². The molecule has 30 heavy (non-hydrogen) atoms. The van der Waals surface area contributed by atoms with Crippen LogP contribution in [0.1, 0.15) is 53.7 Å². The van der Waals surface area contributed by atoms with Crippen LogP contribution in [-0.2, 0) is 20.9 Å². The number of ether oxygens (including phenoxy) is 1. The maximum atomic E-state index is 12.9. The van der Waals surface area contributed by atoms with Crippen molar-refractivity contribution in [3.05, 3.63) is 59.5 Å². The van der Waals surface area contributed by atoms with Crippen molar-refractivity contribution in [3.63, 3.8) is 0 Å². The first-order valence-electron chi connectivity index (χ1n) is 9.77. The van der Waals surface area contributed by atoms with Crippen LogP contribution in [0.25, 0.3) is 0 Å². The minimum absolute atomic E-state index is 0.00921. The topological polar surface area (TPSA) is 106 Å². The van der Waals surface area contributed by atoms with Crippen LogP contribution in [0.4, 0.5) is 0 Å². The van der Waals surface area contributed by atoms with E-state index in [2.05, 4.69) is 5.32 Å². The van der Waals surface area contributed by atoms with E-state index in [9.17, 15) is 19.2 Å². The largest absolute Gasteiger partial charge is 0.467 e. The number of carbonyl (C=O) groups is 4. The van der Waals surface area contributed by atoms with Crippen LogP contribution >= 0.6 is 0 Å². The number of fused-ring (bicyclic) bond motifs is 1. The molecule has 0 spiro atoms. The Bertz CT molecular complexity index is 915. The molecule has 2 heterocycles. The maximum absolute atomic E-state index is 12.9. The Morgan fingerprint density at radius 2 is 1.67 bits per heavy atom. The van der Waals surface area contributed by atoms with Gasteiger partial charge in [0.2, 0.25) is 0 Å². The molecular weight excluding hydrogens is 388 g/mol. The Kier molecular flexibility index (Phi) is 6.34. The average Bonchev–Trinajstić information content (AvgIpc) is 3.32. The molecule has 1 N–H and O–H groups in total. The van der Waals surface area contributed by atoms with Gasteiger partial charge in [0.05, 0.1) is 23.9 Å². The number of hydrogen-bond acceptors (Lipinski definition) is 6. The molecule has 0 fully saturated rings. The van der Waals surface area contributed by atoms with Crippen molar-refractivity contribution in [2.75, 3.05) is 0 Å². The van der Waals surface area contributed by atoms with E-state index in [1.165, 1.54) is 13.2 Å². The highest BCUT2D eigenvalue weighted by Crippen LogP contribution is 2.27. The first kappa shape index (κ1) is 21.3. The summed E-state index contributed by atoms with van der Waals surface area (Å²) in [6.45, 7) is 5.33. The quantitative estimate of drug-likeness (QED) is 0.528. The number of amides is 3. The second kappa shape index (κ2) is 8.94. The third kappa shape index (κ3) is 4.42. The summed E-state index contributed by atoms with van der Waals surface area (Å²) < 4.78 is 10.5. The summed E-state index contributed by atoms with van der Waals surface area (Å²) in [5.74, 6) is -1.80. The van der Waals surface area contributed by atoms with Gasteiger partial charge in [0.1, 0.15) is 11.8 Å². The monoisotopic (exact) mass is 412 g/mol. The van der Waals surface area contributed by atoms with Crippen molar-refractivity contribution in [1.82, 2.24) is 10.2 Å². The van der Waals surface area contributed by atoms with E-state index in [1.807, 2.05) is 13.8 Å². The summed E-state index contributed by atoms with van der Waals surface area (Å²) in [6, 6.07) is 8.72. The standard InChI is InChI=1S/C22H24N2O6/c1-13(2)11-18(24-20(26)16-8-4-5-9-17(16)21(24)27)22(28)30-14(3)19(25)23-12-15-7-6-10-29-15/h4-10,13-14,18H,11-12H2,1-3H3,(H,23,25)/t14-,18-/m1/s1. The fourth-order valence-electron chi connectivity index (χ4n) is 3.28. The van der Waals surface area contributed by atoms with Gasteiger partial charge >= 0.3 is 5.97 Å². The number of furan rings is 1. The molecule has 0 saturated heterocycles. The molecule has 2 atom stereocenters. The molecule has 3 rings (SSSR count). The van der Waals surface area contributed by atoms with Gasteiger partial charge in [-0.25, -0.2) is 4.79 Å². The van der Waals surface area contributed by atoms with Gasteiger partial charge in [-0.3, -0.25) is 19.3 Å². The number of rotatable bonds is 8. The Morgan fingerprint density at radius 3 is 2.20 bits per heavy atom. The van der Waals surface area contributed by atoms with E-state index in [0.29, 0.717) is 5.76 Å². The van der Waals surface area contributed by atoms with Gasteiger partial charge in [-0.05, 0) is 43.5 Å². The number of benzene rings is 1. The normalized spacial score (nSPS) is 15.1. The predicted octanol–water partition coefficient (Wildman–Crippen LogP) is 2.54. The summed E-state index contributed by atoms with van der Waals surface area (Å²) in [4.78, 5) is 51.7. The third-order valence-corrected chi connectivity index (χ3v) is 4.78. The lowest BCUT2D eigenvalue weighted by atomic mass is 10.0.